The first-order valence-corrected chi connectivity index (χ1v) is 10.2. The van der Waals surface area contributed by atoms with Crippen molar-refractivity contribution in [3.05, 3.63) is 35.7 Å². The Kier molecular flexibility index (Phi) is 6.66. The monoisotopic (exact) mass is 445 g/mol. The normalized spacial score (nSPS) is 18.6. The van der Waals surface area contributed by atoms with Crippen LogP contribution in [0.25, 0.3) is 16.8 Å². The molecule has 3 aromatic rings. The largest absolute Gasteiger partial charge is 0.491 e. The van der Waals surface area contributed by atoms with Crippen molar-refractivity contribution in [3.8, 4) is 17.0 Å². The van der Waals surface area contributed by atoms with E-state index in [9.17, 15) is 4.79 Å². The van der Waals surface area contributed by atoms with Crippen LogP contribution < -0.4 is 20.7 Å². The molecule has 10 heteroatoms. The second kappa shape index (κ2) is 9.07. The zero-order valence-electron chi connectivity index (χ0n) is 18.1. The van der Waals surface area contributed by atoms with E-state index in [1.165, 1.54) is 0 Å². The second-order valence-corrected chi connectivity index (χ2v) is 7.79. The number of aryl methyl sites for hydroxylation is 1. The number of primary amides is 1. The molecule has 1 fully saturated rings. The van der Waals surface area contributed by atoms with Gasteiger partial charge in [0.25, 0.3) is 5.91 Å². The average molecular weight is 446 g/mol. The van der Waals surface area contributed by atoms with Crippen LogP contribution in [0.2, 0.25) is 0 Å². The molecule has 0 radical (unpaired) electrons. The summed E-state index contributed by atoms with van der Waals surface area (Å²) in [7, 11) is 0. The van der Waals surface area contributed by atoms with Gasteiger partial charge < -0.3 is 20.7 Å². The second-order valence-electron chi connectivity index (χ2n) is 7.79. The van der Waals surface area contributed by atoms with E-state index in [0.717, 1.165) is 35.7 Å². The highest BCUT2D eigenvalue weighted by atomic mass is 35.5. The maximum absolute atomic E-state index is 11.9. The standard InChI is InChI=1S/C21H27N7O2.ClH/c1-5-30-18-11-28-17(8-15(18)21(22)29)20(14(4)26-28)16-6-7-19(25-24-16)27-9-12(2)23-13(3)10-27;/h6-8,11-13,23H,5,9-10H2,1-4H3,(H2,22,29);1H/t12-,13+;. The van der Waals surface area contributed by atoms with Crippen LogP contribution in [-0.2, 0) is 0 Å². The molecule has 0 saturated carbocycles. The Bertz CT molecular complexity index is 1070. The number of carbonyl (C=O) groups excluding carboxylic acids is 1. The predicted molar refractivity (Wildman–Crippen MR) is 122 cm³/mol. The Hall–Kier alpha value is -2.91. The van der Waals surface area contributed by atoms with E-state index in [2.05, 4.69) is 39.4 Å². The summed E-state index contributed by atoms with van der Waals surface area (Å²) in [5, 5.41) is 17.0. The molecule has 1 aliphatic rings. The third-order valence-corrected chi connectivity index (χ3v) is 5.26. The number of fused-ring (bicyclic) bond motifs is 1. The highest BCUT2D eigenvalue weighted by molar-refractivity contribution is 5.98. The van der Waals surface area contributed by atoms with Crippen LogP contribution in [0.1, 0.15) is 36.8 Å². The van der Waals surface area contributed by atoms with Crippen molar-refractivity contribution in [2.24, 2.45) is 5.73 Å². The van der Waals surface area contributed by atoms with Crippen LogP contribution in [0.4, 0.5) is 5.82 Å². The molecular weight excluding hydrogens is 418 g/mol. The summed E-state index contributed by atoms with van der Waals surface area (Å²) in [6.45, 7) is 10.3. The number of hydrogen-bond donors (Lipinski definition) is 2. The highest BCUT2D eigenvalue weighted by Gasteiger charge is 2.23. The minimum atomic E-state index is -0.547. The summed E-state index contributed by atoms with van der Waals surface area (Å²) >= 11 is 0. The number of nitrogens with two attached hydrogens (primary N) is 1. The van der Waals surface area contributed by atoms with E-state index in [4.69, 9.17) is 10.5 Å². The van der Waals surface area contributed by atoms with Gasteiger partial charge in [-0.25, -0.2) is 4.52 Å². The number of anilines is 1. The molecule has 0 unspecified atom stereocenters. The molecule has 0 bridgehead atoms. The first-order chi connectivity index (χ1) is 14.4. The lowest BCUT2D eigenvalue weighted by atomic mass is 10.1. The molecule has 3 N–H and O–H groups in total. The van der Waals surface area contributed by atoms with E-state index in [1.54, 1.807) is 16.8 Å². The van der Waals surface area contributed by atoms with E-state index in [1.807, 2.05) is 26.0 Å². The summed E-state index contributed by atoms with van der Waals surface area (Å²) in [6.07, 6.45) is 1.68. The number of aromatic nitrogens is 4. The molecule has 166 valence electrons. The van der Waals surface area contributed by atoms with Crippen LogP contribution in [0, 0.1) is 6.92 Å². The third-order valence-electron chi connectivity index (χ3n) is 5.26. The minimum absolute atomic E-state index is 0. The number of hydrogen-bond acceptors (Lipinski definition) is 7. The molecule has 0 aromatic carbocycles. The summed E-state index contributed by atoms with van der Waals surface area (Å²) in [6, 6.07) is 6.43. The molecule has 4 heterocycles. The van der Waals surface area contributed by atoms with Crippen molar-refractivity contribution < 1.29 is 9.53 Å². The summed E-state index contributed by atoms with van der Waals surface area (Å²) < 4.78 is 7.25. The van der Waals surface area contributed by atoms with Crippen molar-refractivity contribution >= 4 is 29.6 Å². The number of ether oxygens (including phenoxy) is 1. The van der Waals surface area contributed by atoms with Crippen LogP contribution in [0.3, 0.4) is 0 Å². The topological polar surface area (TPSA) is 111 Å². The van der Waals surface area contributed by atoms with Gasteiger partial charge >= 0.3 is 0 Å². The van der Waals surface area contributed by atoms with Crippen LogP contribution in [0.5, 0.6) is 5.75 Å². The van der Waals surface area contributed by atoms with Gasteiger partial charge in [0, 0.05) is 25.2 Å². The van der Waals surface area contributed by atoms with Crippen molar-refractivity contribution in [1.29, 1.82) is 0 Å². The van der Waals surface area contributed by atoms with Crippen LogP contribution in [-0.4, -0.2) is 57.5 Å². The molecule has 1 saturated heterocycles. The first kappa shape index (κ1) is 22.8. The van der Waals surface area contributed by atoms with Crippen molar-refractivity contribution in [1.82, 2.24) is 25.1 Å². The molecule has 1 amide bonds. The van der Waals surface area contributed by atoms with Crippen molar-refractivity contribution in [2.45, 2.75) is 39.8 Å². The van der Waals surface area contributed by atoms with E-state index in [-0.39, 0.29) is 12.4 Å². The smallest absolute Gasteiger partial charge is 0.252 e. The Balaban J connectivity index is 0.00000272. The van der Waals surface area contributed by atoms with Gasteiger partial charge in [-0.05, 0) is 45.9 Å². The number of carbonyl (C=O) groups is 1. The fraction of sp³-hybridized carbons (Fsp3) is 0.429. The van der Waals surface area contributed by atoms with Crippen molar-refractivity contribution in [2.75, 3.05) is 24.6 Å². The molecule has 4 rings (SSSR count). The summed E-state index contributed by atoms with van der Waals surface area (Å²) in [4.78, 5) is 14.2. The molecule has 2 atom stereocenters. The Morgan fingerprint density at radius 1 is 1.26 bits per heavy atom. The van der Waals surface area contributed by atoms with E-state index >= 15 is 0 Å². The van der Waals surface area contributed by atoms with Gasteiger partial charge in [-0.1, -0.05) is 0 Å². The predicted octanol–water partition coefficient (Wildman–Crippen LogP) is 2.21. The highest BCUT2D eigenvalue weighted by Crippen LogP contribution is 2.31. The van der Waals surface area contributed by atoms with Crippen LogP contribution in [0.15, 0.2) is 24.4 Å². The van der Waals surface area contributed by atoms with Gasteiger partial charge in [0.1, 0.15) is 5.75 Å². The number of nitrogens with zero attached hydrogens (tertiary/aromatic N) is 5. The quantitative estimate of drug-likeness (QED) is 0.619. The summed E-state index contributed by atoms with van der Waals surface area (Å²) in [5.74, 6) is 0.716. The zero-order valence-corrected chi connectivity index (χ0v) is 18.9. The van der Waals surface area contributed by atoms with Gasteiger partial charge in [0.05, 0.1) is 40.8 Å². The molecule has 3 aromatic heterocycles. The maximum atomic E-state index is 11.9. The third kappa shape index (κ3) is 4.42. The number of pyridine rings is 1. The van der Waals surface area contributed by atoms with Gasteiger partial charge in [-0.3, -0.25) is 4.79 Å². The van der Waals surface area contributed by atoms with Gasteiger partial charge in [0.15, 0.2) is 5.82 Å². The molecule has 1 aliphatic heterocycles. The van der Waals surface area contributed by atoms with Gasteiger partial charge in [-0.2, -0.15) is 5.10 Å². The van der Waals surface area contributed by atoms with Crippen LogP contribution >= 0.6 is 12.4 Å². The average Bonchev–Trinajstić information content (AvgIpc) is 3.01. The number of rotatable bonds is 5. The fourth-order valence-corrected chi connectivity index (χ4v) is 4.11. The lowest BCUT2D eigenvalue weighted by Gasteiger charge is -2.36. The summed E-state index contributed by atoms with van der Waals surface area (Å²) in [5.41, 5.74) is 8.92. The molecule has 0 aliphatic carbocycles. The van der Waals surface area contributed by atoms with Gasteiger partial charge in [-0.15, -0.1) is 22.6 Å². The van der Waals surface area contributed by atoms with E-state index in [0.29, 0.717) is 35.7 Å². The zero-order chi connectivity index (χ0) is 21.4. The molecule has 31 heavy (non-hydrogen) atoms. The Morgan fingerprint density at radius 2 is 1.97 bits per heavy atom. The lowest BCUT2D eigenvalue weighted by molar-refractivity contribution is 0.0996. The molecular formula is C21H28ClN7O2. The van der Waals surface area contributed by atoms with Crippen molar-refractivity contribution in [3.63, 3.8) is 0 Å². The number of halogens is 1. The number of amides is 1. The minimum Gasteiger partial charge on any atom is -0.491 e. The molecule has 9 nitrogen and oxygen atoms in total. The van der Waals surface area contributed by atoms with Gasteiger partial charge in [0.2, 0.25) is 0 Å². The lowest BCUT2D eigenvalue weighted by Crippen LogP contribution is -2.54. The number of piperazine rings is 1. The SMILES string of the molecule is CCOc1cn2nc(C)c(-c3ccc(N4C[C@@H](C)N[C@@H](C)C4)nn3)c2cc1C(N)=O.Cl. The van der Waals surface area contributed by atoms with E-state index < -0.39 is 5.91 Å². The maximum Gasteiger partial charge on any atom is 0.252 e. The Morgan fingerprint density at radius 3 is 2.55 bits per heavy atom. The fourth-order valence-electron chi connectivity index (χ4n) is 4.11. The first-order valence-electron chi connectivity index (χ1n) is 10.2. The number of nitrogens with one attached hydrogen (secondary N) is 1. The molecule has 0 spiro atoms. The Labute approximate surface area is 187 Å².